The highest BCUT2D eigenvalue weighted by Gasteiger charge is 2.37. The molecule has 5 heteroatoms. The van der Waals surface area contributed by atoms with Crippen LogP contribution in [0.3, 0.4) is 0 Å². The van der Waals surface area contributed by atoms with Crippen LogP contribution in [0.1, 0.15) is 59.3 Å². The molecule has 0 bridgehead atoms. The predicted molar refractivity (Wildman–Crippen MR) is 83.1 cm³/mol. The van der Waals surface area contributed by atoms with Gasteiger partial charge in [-0.25, -0.2) is 0 Å². The van der Waals surface area contributed by atoms with E-state index in [1.54, 1.807) is 0 Å². The van der Waals surface area contributed by atoms with Gasteiger partial charge in [0.05, 0.1) is 6.04 Å². The molecule has 1 rings (SSSR count). The molecule has 1 fully saturated rings. The Kier molecular flexibility index (Phi) is 7.72. The van der Waals surface area contributed by atoms with Crippen LogP contribution in [0.2, 0.25) is 0 Å². The number of nitrogens with zero attached hydrogens (tertiary/aromatic N) is 1. The molecule has 0 aliphatic carbocycles. The van der Waals surface area contributed by atoms with Gasteiger partial charge >= 0.3 is 5.97 Å². The van der Waals surface area contributed by atoms with Crippen molar-refractivity contribution in [2.45, 2.75) is 71.4 Å². The lowest BCUT2D eigenvalue weighted by Gasteiger charge is -2.39. The van der Waals surface area contributed by atoms with E-state index in [4.69, 9.17) is 0 Å². The van der Waals surface area contributed by atoms with Crippen molar-refractivity contribution in [2.24, 2.45) is 5.92 Å². The summed E-state index contributed by atoms with van der Waals surface area (Å²) >= 11 is 0. The Morgan fingerprint density at radius 1 is 1.33 bits per heavy atom. The molecule has 0 aromatic heterocycles. The van der Waals surface area contributed by atoms with Gasteiger partial charge in [-0.15, -0.1) is 0 Å². The molecule has 1 aliphatic heterocycles. The molecule has 0 aromatic carbocycles. The minimum absolute atomic E-state index is 0.0488. The fourth-order valence-electron chi connectivity index (χ4n) is 3.02. The van der Waals surface area contributed by atoms with E-state index < -0.39 is 12.0 Å². The molecule has 0 radical (unpaired) electrons. The van der Waals surface area contributed by atoms with Crippen LogP contribution >= 0.6 is 0 Å². The molecule has 122 valence electrons. The highest BCUT2D eigenvalue weighted by Crippen LogP contribution is 2.27. The van der Waals surface area contributed by atoms with Crippen molar-refractivity contribution in [3.8, 4) is 0 Å². The first-order valence-electron chi connectivity index (χ1n) is 8.27. The summed E-state index contributed by atoms with van der Waals surface area (Å²) in [6.45, 7) is 7.42. The number of hydrogen-bond acceptors (Lipinski definition) is 3. The van der Waals surface area contributed by atoms with Crippen molar-refractivity contribution < 1.29 is 14.7 Å². The predicted octanol–water partition coefficient (Wildman–Crippen LogP) is 2.26. The number of likely N-dealkylation sites (tertiary alicyclic amines) is 1. The summed E-state index contributed by atoms with van der Waals surface area (Å²) in [7, 11) is 0. The van der Waals surface area contributed by atoms with Crippen molar-refractivity contribution in [3.63, 3.8) is 0 Å². The molecule has 3 atom stereocenters. The summed E-state index contributed by atoms with van der Waals surface area (Å²) in [6, 6.07) is -0.898. The third-order valence-corrected chi connectivity index (χ3v) is 4.57. The Morgan fingerprint density at radius 2 is 2.05 bits per heavy atom. The number of carbonyl (C=O) groups is 2. The van der Waals surface area contributed by atoms with E-state index in [1.165, 1.54) is 0 Å². The van der Waals surface area contributed by atoms with Gasteiger partial charge in [0.25, 0.3) is 0 Å². The maximum absolute atomic E-state index is 12.2. The summed E-state index contributed by atoms with van der Waals surface area (Å²) in [5.41, 5.74) is 0. The van der Waals surface area contributed by atoms with Gasteiger partial charge in [0.15, 0.2) is 0 Å². The van der Waals surface area contributed by atoms with Crippen molar-refractivity contribution >= 4 is 11.9 Å². The van der Waals surface area contributed by atoms with Gasteiger partial charge in [0, 0.05) is 13.1 Å². The number of carboxylic acid groups (broad SMARTS) is 1. The fraction of sp³-hybridized carbons (Fsp3) is 0.875. The lowest BCUT2D eigenvalue weighted by molar-refractivity contribution is -0.148. The summed E-state index contributed by atoms with van der Waals surface area (Å²) in [5.74, 6) is -0.395. The average molecular weight is 298 g/mol. The van der Waals surface area contributed by atoms with Crippen LogP contribution < -0.4 is 5.32 Å². The van der Waals surface area contributed by atoms with E-state index in [1.807, 2.05) is 11.8 Å². The third kappa shape index (κ3) is 5.30. The Bertz CT molecular complexity index is 346. The molecule has 3 unspecified atom stereocenters. The van der Waals surface area contributed by atoms with Gasteiger partial charge in [-0.05, 0) is 32.1 Å². The molecule has 1 amide bonds. The Hall–Kier alpha value is -1.10. The lowest BCUT2D eigenvalue weighted by Crippen LogP contribution is -2.55. The van der Waals surface area contributed by atoms with Crippen LogP contribution in [-0.4, -0.2) is 47.1 Å². The molecule has 0 saturated carbocycles. The average Bonchev–Trinajstić information content (AvgIpc) is 2.49. The largest absolute Gasteiger partial charge is 0.480 e. The summed E-state index contributed by atoms with van der Waals surface area (Å²) in [4.78, 5) is 25.5. The van der Waals surface area contributed by atoms with Crippen molar-refractivity contribution in [1.29, 1.82) is 0 Å². The first kappa shape index (κ1) is 18.0. The maximum atomic E-state index is 12.2. The topological polar surface area (TPSA) is 69.6 Å². The Labute approximate surface area is 128 Å². The van der Waals surface area contributed by atoms with Crippen LogP contribution in [0.15, 0.2) is 0 Å². The van der Waals surface area contributed by atoms with Gasteiger partial charge in [-0.3, -0.25) is 14.5 Å². The molecular formula is C16H30N2O3. The Balaban J connectivity index is 2.55. The quantitative estimate of drug-likeness (QED) is 0.674. The van der Waals surface area contributed by atoms with E-state index in [0.29, 0.717) is 25.4 Å². The van der Waals surface area contributed by atoms with E-state index in [0.717, 1.165) is 32.1 Å². The second-order valence-corrected chi connectivity index (χ2v) is 6.06. The molecular weight excluding hydrogens is 268 g/mol. The van der Waals surface area contributed by atoms with Gasteiger partial charge in [-0.1, -0.05) is 33.1 Å². The van der Waals surface area contributed by atoms with Crippen molar-refractivity contribution in [2.75, 3.05) is 13.1 Å². The number of nitrogens with one attached hydrogen (secondary N) is 1. The molecule has 2 N–H and O–H groups in total. The minimum Gasteiger partial charge on any atom is -0.480 e. The molecule has 21 heavy (non-hydrogen) atoms. The molecule has 0 spiro atoms. The number of rotatable bonds is 8. The summed E-state index contributed by atoms with van der Waals surface area (Å²) in [6.07, 6.45) is 5.85. The highest BCUT2D eigenvalue weighted by atomic mass is 16.4. The molecule has 1 saturated heterocycles. The van der Waals surface area contributed by atoms with Crippen molar-refractivity contribution in [1.82, 2.24) is 10.2 Å². The second kappa shape index (κ2) is 9.03. The fourth-order valence-corrected chi connectivity index (χ4v) is 3.02. The van der Waals surface area contributed by atoms with E-state index in [9.17, 15) is 14.7 Å². The first-order chi connectivity index (χ1) is 10.0. The van der Waals surface area contributed by atoms with Crippen LogP contribution in [0.25, 0.3) is 0 Å². The number of carboxylic acids is 1. The van der Waals surface area contributed by atoms with Crippen LogP contribution in [-0.2, 0) is 9.59 Å². The second-order valence-electron chi connectivity index (χ2n) is 6.06. The molecule has 1 heterocycles. The monoisotopic (exact) mass is 298 g/mol. The molecule has 0 aromatic rings. The van der Waals surface area contributed by atoms with Crippen LogP contribution in [0.4, 0.5) is 0 Å². The Morgan fingerprint density at radius 3 is 2.62 bits per heavy atom. The number of amides is 1. The van der Waals surface area contributed by atoms with E-state index in [2.05, 4.69) is 19.2 Å². The van der Waals surface area contributed by atoms with Gasteiger partial charge in [0.2, 0.25) is 5.91 Å². The lowest BCUT2D eigenvalue weighted by atomic mass is 9.88. The zero-order valence-electron chi connectivity index (χ0n) is 13.6. The van der Waals surface area contributed by atoms with Crippen LogP contribution in [0, 0.1) is 5.92 Å². The van der Waals surface area contributed by atoms with E-state index in [-0.39, 0.29) is 11.9 Å². The highest BCUT2D eigenvalue weighted by molar-refractivity contribution is 5.82. The molecule has 5 nitrogen and oxygen atoms in total. The zero-order chi connectivity index (χ0) is 15.8. The third-order valence-electron chi connectivity index (χ3n) is 4.57. The maximum Gasteiger partial charge on any atom is 0.320 e. The van der Waals surface area contributed by atoms with E-state index >= 15 is 0 Å². The normalized spacial score (nSPS) is 24.5. The van der Waals surface area contributed by atoms with Gasteiger partial charge in [0.1, 0.15) is 6.04 Å². The number of carbonyl (C=O) groups excluding carboxylic acids is 1. The standard InChI is InChI=1S/C16H30N2O3/c1-4-6-7-9-17-15(19)12(3)18-10-8-13(5-2)11-14(18)16(20)21/h12-14H,4-11H2,1-3H3,(H,17,19)(H,20,21). The van der Waals surface area contributed by atoms with Gasteiger partial charge < -0.3 is 10.4 Å². The minimum atomic E-state index is -0.807. The molecule has 1 aliphatic rings. The zero-order valence-corrected chi connectivity index (χ0v) is 13.6. The number of piperidine rings is 1. The number of aliphatic carboxylic acids is 1. The number of hydrogen-bond donors (Lipinski definition) is 2. The summed E-state index contributed by atoms with van der Waals surface area (Å²) < 4.78 is 0. The number of unbranched alkanes of at least 4 members (excludes halogenated alkanes) is 2. The first-order valence-corrected chi connectivity index (χ1v) is 8.27. The van der Waals surface area contributed by atoms with Crippen molar-refractivity contribution in [3.05, 3.63) is 0 Å². The smallest absolute Gasteiger partial charge is 0.320 e. The van der Waals surface area contributed by atoms with Gasteiger partial charge in [-0.2, -0.15) is 0 Å². The SMILES string of the molecule is CCCCCNC(=O)C(C)N1CCC(CC)CC1C(=O)O. The van der Waals surface area contributed by atoms with Crippen LogP contribution in [0.5, 0.6) is 0 Å². The summed E-state index contributed by atoms with van der Waals surface area (Å²) in [5, 5.41) is 12.4.